The fraction of sp³-hybridized carbons (Fsp3) is 0.0909. The number of nitrogens with zero attached hydrogens (tertiary/aromatic N) is 2. The molecule has 4 nitrogen and oxygen atoms in total. The lowest BCUT2D eigenvalue weighted by Gasteiger charge is -2.00. The normalized spacial score (nSPS) is 10.4. The highest BCUT2D eigenvalue weighted by Crippen LogP contribution is 2.14. The zero-order valence-corrected chi connectivity index (χ0v) is 8.64. The number of carbonyl (C=O) groups excluding carboxylic acids is 1. The third kappa shape index (κ3) is 1.79. The summed E-state index contributed by atoms with van der Waals surface area (Å²) in [6, 6.07) is 5.55. The van der Waals surface area contributed by atoms with E-state index in [1.807, 2.05) is 0 Å². The summed E-state index contributed by atoms with van der Waals surface area (Å²) in [5.74, 6) is -0.915. The van der Waals surface area contributed by atoms with Crippen molar-refractivity contribution in [3.05, 3.63) is 47.5 Å². The Kier molecular flexibility index (Phi) is 2.44. The molecule has 0 aliphatic carbocycles. The Bertz CT molecular complexity index is 548. The summed E-state index contributed by atoms with van der Waals surface area (Å²) in [6.45, 7) is 0. The summed E-state index contributed by atoms with van der Waals surface area (Å²) in [4.78, 5) is 11.8. The lowest BCUT2D eigenvalue weighted by atomic mass is 10.1. The molecule has 0 atom stereocenters. The highest BCUT2D eigenvalue weighted by Gasteiger charge is 2.13. The van der Waals surface area contributed by atoms with E-state index in [0.29, 0.717) is 0 Å². The summed E-state index contributed by atoms with van der Waals surface area (Å²) in [6.07, 6.45) is 1.65. The van der Waals surface area contributed by atoms with Crippen molar-refractivity contribution >= 4 is 11.5 Å². The minimum atomic E-state index is -0.596. The van der Waals surface area contributed by atoms with E-state index in [1.54, 1.807) is 19.3 Å². The van der Waals surface area contributed by atoms with Gasteiger partial charge in [-0.15, -0.1) is 0 Å². The lowest BCUT2D eigenvalue weighted by molar-refractivity contribution is 0.103. The fourth-order valence-electron chi connectivity index (χ4n) is 1.35. The minimum Gasteiger partial charge on any atom is -0.396 e. The van der Waals surface area contributed by atoms with Gasteiger partial charge in [0.2, 0.25) is 5.78 Å². The van der Waals surface area contributed by atoms with Crippen molar-refractivity contribution in [3.8, 4) is 0 Å². The number of halogens is 1. The van der Waals surface area contributed by atoms with Gasteiger partial charge in [0.15, 0.2) is 0 Å². The van der Waals surface area contributed by atoms with Gasteiger partial charge in [-0.05, 0) is 24.3 Å². The Morgan fingerprint density at radius 3 is 2.75 bits per heavy atom. The van der Waals surface area contributed by atoms with Gasteiger partial charge in [0.05, 0.1) is 5.69 Å². The van der Waals surface area contributed by atoms with Gasteiger partial charge in [0, 0.05) is 18.8 Å². The van der Waals surface area contributed by atoms with Gasteiger partial charge in [0.25, 0.3) is 0 Å². The number of nitrogen functional groups attached to an aromatic ring is 1. The van der Waals surface area contributed by atoms with Gasteiger partial charge in [-0.25, -0.2) is 4.39 Å². The second-order valence-corrected chi connectivity index (χ2v) is 3.44. The standard InChI is InChI=1S/C11H10FN3O/c1-15-5-4-10(14-15)11(16)7-2-3-9(13)8(12)6-7/h2-6H,13H2,1H3. The highest BCUT2D eigenvalue weighted by atomic mass is 19.1. The van der Waals surface area contributed by atoms with Crippen LogP contribution < -0.4 is 5.73 Å². The number of anilines is 1. The van der Waals surface area contributed by atoms with E-state index in [9.17, 15) is 9.18 Å². The maximum absolute atomic E-state index is 13.2. The van der Waals surface area contributed by atoms with Crippen LogP contribution in [0.15, 0.2) is 30.5 Å². The minimum absolute atomic E-state index is 0.0255. The first-order chi connectivity index (χ1) is 7.58. The van der Waals surface area contributed by atoms with Crippen LogP contribution >= 0.6 is 0 Å². The van der Waals surface area contributed by atoms with E-state index in [4.69, 9.17) is 5.73 Å². The largest absolute Gasteiger partial charge is 0.396 e. The molecule has 0 aliphatic heterocycles. The lowest BCUT2D eigenvalue weighted by Crippen LogP contribution is -2.04. The van der Waals surface area contributed by atoms with Crippen molar-refractivity contribution in [2.24, 2.45) is 7.05 Å². The molecule has 1 heterocycles. The number of benzene rings is 1. The smallest absolute Gasteiger partial charge is 0.213 e. The maximum Gasteiger partial charge on any atom is 0.213 e. The third-order valence-corrected chi connectivity index (χ3v) is 2.21. The molecule has 0 fully saturated rings. The molecule has 0 spiro atoms. The number of nitrogens with two attached hydrogens (primary N) is 1. The maximum atomic E-state index is 13.2. The summed E-state index contributed by atoms with van der Waals surface area (Å²) < 4.78 is 14.7. The van der Waals surface area contributed by atoms with Crippen molar-refractivity contribution in [1.29, 1.82) is 0 Å². The topological polar surface area (TPSA) is 60.9 Å². The van der Waals surface area contributed by atoms with Crippen molar-refractivity contribution in [2.75, 3.05) is 5.73 Å². The Hall–Kier alpha value is -2.17. The molecule has 0 saturated carbocycles. The Morgan fingerprint density at radius 2 is 2.19 bits per heavy atom. The van der Waals surface area contributed by atoms with Gasteiger partial charge in [-0.3, -0.25) is 9.48 Å². The van der Waals surface area contributed by atoms with E-state index in [0.717, 1.165) is 6.07 Å². The molecule has 2 rings (SSSR count). The predicted octanol–water partition coefficient (Wildman–Crippen LogP) is 1.37. The summed E-state index contributed by atoms with van der Waals surface area (Å²) in [5, 5.41) is 3.95. The number of carbonyl (C=O) groups is 1. The van der Waals surface area contributed by atoms with Crippen LogP contribution in [0.4, 0.5) is 10.1 Å². The molecule has 5 heteroatoms. The van der Waals surface area contributed by atoms with Gasteiger partial charge < -0.3 is 5.73 Å². The number of ketones is 1. The predicted molar refractivity (Wildman–Crippen MR) is 57.5 cm³/mol. The van der Waals surface area contributed by atoms with Gasteiger partial charge >= 0.3 is 0 Å². The molecule has 82 valence electrons. The van der Waals surface area contributed by atoms with Gasteiger partial charge in [-0.2, -0.15) is 5.10 Å². The Balaban J connectivity index is 2.38. The Morgan fingerprint density at radius 1 is 1.44 bits per heavy atom. The van der Waals surface area contributed by atoms with Crippen molar-refractivity contribution < 1.29 is 9.18 Å². The van der Waals surface area contributed by atoms with Crippen molar-refractivity contribution in [2.45, 2.75) is 0 Å². The molecule has 2 N–H and O–H groups in total. The first-order valence-corrected chi connectivity index (χ1v) is 4.67. The quantitative estimate of drug-likeness (QED) is 0.613. The zero-order valence-electron chi connectivity index (χ0n) is 8.64. The first kappa shape index (κ1) is 10.4. The van der Waals surface area contributed by atoms with E-state index >= 15 is 0 Å². The van der Waals surface area contributed by atoms with Crippen LogP contribution in [0.1, 0.15) is 16.1 Å². The first-order valence-electron chi connectivity index (χ1n) is 4.67. The SMILES string of the molecule is Cn1ccc(C(=O)c2ccc(N)c(F)c2)n1. The molecule has 0 aliphatic rings. The number of rotatable bonds is 2. The molecule has 0 bridgehead atoms. The van der Waals surface area contributed by atoms with Crippen LogP contribution in [0.5, 0.6) is 0 Å². The van der Waals surface area contributed by atoms with Crippen LogP contribution in [0.2, 0.25) is 0 Å². The second kappa shape index (κ2) is 3.77. The highest BCUT2D eigenvalue weighted by molar-refractivity contribution is 6.07. The average Bonchev–Trinajstić information content (AvgIpc) is 2.68. The molecule has 16 heavy (non-hydrogen) atoms. The van der Waals surface area contributed by atoms with E-state index in [2.05, 4.69) is 5.10 Å². The van der Waals surface area contributed by atoms with Crippen LogP contribution in [0, 0.1) is 5.82 Å². The number of aryl methyl sites for hydroxylation is 1. The average molecular weight is 219 g/mol. The van der Waals surface area contributed by atoms with Crippen LogP contribution in [0.25, 0.3) is 0 Å². The molecule has 0 radical (unpaired) electrons. The number of hydrogen-bond donors (Lipinski definition) is 1. The molecule has 0 unspecified atom stereocenters. The van der Waals surface area contributed by atoms with Crippen LogP contribution in [-0.2, 0) is 7.05 Å². The third-order valence-electron chi connectivity index (χ3n) is 2.21. The molecular formula is C11H10FN3O. The monoisotopic (exact) mass is 219 g/mol. The van der Waals surface area contributed by atoms with Gasteiger partial charge in [-0.1, -0.05) is 0 Å². The second-order valence-electron chi connectivity index (χ2n) is 3.44. The summed E-state index contributed by atoms with van der Waals surface area (Å²) in [7, 11) is 1.71. The Labute approximate surface area is 91.5 Å². The van der Waals surface area contributed by atoms with Crippen LogP contribution in [0.3, 0.4) is 0 Å². The molecule has 1 aromatic heterocycles. The summed E-state index contributed by atoms with van der Waals surface area (Å²) in [5.41, 5.74) is 5.88. The number of hydrogen-bond acceptors (Lipinski definition) is 3. The van der Waals surface area contributed by atoms with E-state index < -0.39 is 5.82 Å². The molecular weight excluding hydrogens is 209 g/mol. The zero-order chi connectivity index (χ0) is 11.7. The van der Waals surface area contributed by atoms with Crippen LogP contribution in [-0.4, -0.2) is 15.6 Å². The van der Waals surface area contributed by atoms with Gasteiger partial charge in [0.1, 0.15) is 11.5 Å². The van der Waals surface area contributed by atoms with Crippen molar-refractivity contribution in [1.82, 2.24) is 9.78 Å². The molecule has 2 aromatic rings. The molecule has 1 aromatic carbocycles. The molecule has 0 saturated heterocycles. The van der Waals surface area contributed by atoms with Crippen molar-refractivity contribution in [3.63, 3.8) is 0 Å². The number of aromatic nitrogens is 2. The van der Waals surface area contributed by atoms with E-state index in [-0.39, 0.29) is 22.7 Å². The molecule has 0 amide bonds. The van der Waals surface area contributed by atoms with E-state index in [1.165, 1.54) is 16.8 Å². The fourth-order valence-corrected chi connectivity index (χ4v) is 1.35. The summed E-state index contributed by atoms with van der Waals surface area (Å²) >= 11 is 0.